The fraction of sp³-hybridized carbons (Fsp3) is 0.370. The number of unbranched alkanes of at least 4 members (excludes halogenated alkanes) is 1. The fourth-order valence-electron chi connectivity index (χ4n) is 3.91. The largest absolute Gasteiger partial charge is 0.493 e. The number of aromatic nitrogens is 3. The van der Waals surface area contributed by atoms with E-state index >= 15 is 0 Å². The van der Waals surface area contributed by atoms with Crippen LogP contribution in [0, 0.1) is 0 Å². The molecule has 2 heterocycles. The molecule has 2 aromatic carbocycles. The molecule has 1 unspecified atom stereocenters. The Kier molecular flexibility index (Phi) is 9.06. The van der Waals surface area contributed by atoms with Crippen molar-refractivity contribution in [2.75, 3.05) is 17.8 Å². The molecule has 11 heteroatoms. The van der Waals surface area contributed by atoms with Crippen molar-refractivity contribution in [2.24, 2.45) is 0 Å². The van der Waals surface area contributed by atoms with Gasteiger partial charge in [0, 0.05) is 29.7 Å². The van der Waals surface area contributed by atoms with Crippen molar-refractivity contribution in [3.05, 3.63) is 47.0 Å². The van der Waals surface area contributed by atoms with Crippen LogP contribution in [-0.4, -0.2) is 39.9 Å². The molecule has 38 heavy (non-hydrogen) atoms. The first-order chi connectivity index (χ1) is 18.4. The highest BCUT2D eigenvalue weighted by atomic mass is 35.5. The molecule has 1 aliphatic heterocycles. The minimum Gasteiger partial charge on any atom is -0.493 e. The average Bonchev–Trinajstić information content (AvgIpc) is 3.08. The third kappa shape index (κ3) is 5.71. The maximum atomic E-state index is 13.4. The van der Waals surface area contributed by atoms with Gasteiger partial charge in [0.1, 0.15) is 0 Å². The molecule has 0 bridgehead atoms. The Morgan fingerprint density at radius 3 is 2.63 bits per heavy atom. The summed E-state index contributed by atoms with van der Waals surface area (Å²) in [5.74, 6) is 0.798. The van der Waals surface area contributed by atoms with Crippen LogP contribution in [0.5, 0.6) is 17.4 Å². The van der Waals surface area contributed by atoms with Crippen LogP contribution in [-0.2, 0) is 9.59 Å². The van der Waals surface area contributed by atoms with E-state index in [1.165, 1.54) is 18.9 Å². The van der Waals surface area contributed by atoms with E-state index in [4.69, 9.17) is 25.8 Å². The Hall–Kier alpha value is -3.37. The number of amides is 1. The third-order valence-corrected chi connectivity index (χ3v) is 7.06. The van der Waals surface area contributed by atoms with Crippen molar-refractivity contribution in [2.45, 2.75) is 57.8 Å². The number of ether oxygens (including phenoxy) is 3. The number of hydrogen-bond donors (Lipinski definition) is 0. The van der Waals surface area contributed by atoms with Crippen molar-refractivity contribution in [1.29, 1.82) is 0 Å². The Bertz CT molecular complexity index is 1340. The minimum atomic E-state index is -0.961. The molecule has 200 valence electrons. The highest BCUT2D eigenvalue weighted by Gasteiger charge is 2.36. The second-order valence-corrected chi connectivity index (χ2v) is 9.89. The highest BCUT2D eigenvalue weighted by molar-refractivity contribution is 7.99. The number of anilines is 1. The molecule has 1 aliphatic rings. The first-order valence-corrected chi connectivity index (χ1v) is 13.8. The molecular formula is C27H29ClN4O5S. The summed E-state index contributed by atoms with van der Waals surface area (Å²) in [6.45, 7) is 5.58. The first kappa shape index (κ1) is 27.7. The maximum Gasteiger partial charge on any atom is 0.311 e. The van der Waals surface area contributed by atoms with Crippen LogP contribution in [0.4, 0.5) is 5.69 Å². The molecular weight excluding hydrogens is 528 g/mol. The lowest BCUT2D eigenvalue weighted by atomic mass is 10.1. The molecule has 0 radical (unpaired) electrons. The van der Waals surface area contributed by atoms with Crippen molar-refractivity contribution in [3.63, 3.8) is 0 Å². The molecule has 1 aromatic heterocycles. The highest BCUT2D eigenvalue weighted by Crippen LogP contribution is 2.46. The summed E-state index contributed by atoms with van der Waals surface area (Å²) in [5.41, 5.74) is 2.21. The topological polar surface area (TPSA) is 104 Å². The van der Waals surface area contributed by atoms with Gasteiger partial charge in [-0.1, -0.05) is 68.8 Å². The maximum absolute atomic E-state index is 13.4. The second-order valence-electron chi connectivity index (χ2n) is 8.42. The quantitative estimate of drug-likeness (QED) is 0.131. The number of benzene rings is 2. The number of carbonyl (C=O) groups excluding carboxylic acids is 2. The lowest BCUT2D eigenvalue weighted by Crippen LogP contribution is -2.37. The SMILES string of the molecule is CCCCSc1nnc2c(n1)OC(c1cc(Cl)c(OC(=O)CC)c(OC)c1)N(C(=O)CC)c1ccccc1-2. The molecule has 0 saturated carbocycles. The number of rotatable bonds is 9. The monoisotopic (exact) mass is 556 g/mol. The summed E-state index contributed by atoms with van der Waals surface area (Å²) < 4.78 is 17.4. The fourth-order valence-corrected chi connectivity index (χ4v) is 5.03. The summed E-state index contributed by atoms with van der Waals surface area (Å²) in [6, 6.07) is 10.6. The Labute approximate surface area is 230 Å². The molecule has 0 fully saturated rings. The van der Waals surface area contributed by atoms with Gasteiger partial charge < -0.3 is 14.2 Å². The van der Waals surface area contributed by atoms with Gasteiger partial charge in [-0.05, 0) is 24.6 Å². The van der Waals surface area contributed by atoms with Crippen LogP contribution in [0.15, 0.2) is 41.6 Å². The molecule has 0 aliphatic carbocycles. The average molecular weight is 557 g/mol. The van der Waals surface area contributed by atoms with Gasteiger partial charge in [-0.3, -0.25) is 14.5 Å². The van der Waals surface area contributed by atoms with Gasteiger partial charge in [0.25, 0.3) is 0 Å². The molecule has 1 amide bonds. The van der Waals surface area contributed by atoms with E-state index in [2.05, 4.69) is 22.1 Å². The number of fused-ring (bicyclic) bond motifs is 3. The number of carbonyl (C=O) groups is 2. The van der Waals surface area contributed by atoms with Crippen LogP contribution in [0.1, 0.15) is 58.2 Å². The van der Waals surface area contributed by atoms with Gasteiger partial charge in [0.2, 0.25) is 23.2 Å². The Morgan fingerprint density at radius 1 is 1.13 bits per heavy atom. The van der Waals surface area contributed by atoms with Crippen LogP contribution in [0.2, 0.25) is 5.02 Å². The van der Waals surface area contributed by atoms with Gasteiger partial charge in [-0.25, -0.2) is 0 Å². The predicted octanol–water partition coefficient (Wildman–Crippen LogP) is 6.24. The number of thioether (sulfide) groups is 1. The Morgan fingerprint density at radius 2 is 1.92 bits per heavy atom. The zero-order chi connectivity index (χ0) is 27.2. The Balaban J connectivity index is 1.88. The van der Waals surface area contributed by atoms with E-state index < -0.39 is 12.2 Å². The van der Waals surface area contributed by atoms with E-state index in [-0.39, 0.29) is 41.2 Å². The standard InChI is InChI=1S/C27H29ClN4O5S/c1-5-8-13-38-27-29-25-23(30-31-27)17-11-9-10-12-19(17)32(21(33)6-2)26(37-25)16-14-18(28)24(20(15-16)35-4)36-22(34)7-3/h9-12,14-15,26H,5-8,13H2,1-4H3. The second kappa shape index (κ2) is 12.4. The van der Waals surface area contributed by atoms with Gasteiger partial charge in [-0.15, -0.1) is 10.2 Å². The molecule has 0 N–H and O–H groups in total. The van der Waals surface area contributed by atoms with Crippen LogP contribution < -0.4 is 19.1 Å². The summed E-state index contributed by atoms with van der Waals surface area (Å²) in [5, 5.41) is 9.39. The molecule has 1 atom stereocenters. The number of nitrogens with zero attached hydrogens (tertiary/aromatic N) is 4. The van der Waals surface area contributed by atoms with E-state index in [9.17, 15) is 9.59 Å². The lowest BCUT2D eigenvalue weighted by Gasteiger charge is -2.31. The molecule has 4 rings (SSSR count). The number of hydrogen-bond acceptors (Lipinski definition) is 9. The molecule has 3 aromatic rings. The molecule has 0 saturated heterocycles. The van der Waals surface area contributed by atoms with Gasteiger partial charge >= 0.3 is 5.97 Å². The van der Waals surface area contributed by atoms with E-state index in [1.807, 2.05) is 24.3 Å². The summed E-state index contributed by atoms with van der Waals surface area (Å²) in [4.78, 5) is 31.6. The van der Waals surface area contributed by atoms with Crippen molar-refractivity contribution in [3.8, 4) is 28.6 Å². The van der Waals surface area contributed by atoms with E-state index in [0.717, 1.165) is 18.6 Å². The molecule has 9 nitrogen and oxygen atoms in total. The first-order valence-electron chi connectivity index (χ1n) is 12.4. The smallest absolute Gasteiger partial charge is 0.311 e. The van der Waals surface area contributed by atoms with Crippen LogP contribution >= 0.6 is 23.4 Å². The van der Waals surface area contributed by atoms with E-state index in [1.54, 1.807) is 30.9 Å². The lowest BCUT2D eigenvalue weighted by molar-refractivity contribution is -0.134. The third-order valence-electron chi connectivity index (χ3n) is 5.85. The number of para-hydroxylation sites is 1. The van der Waals surface area contributed by atoms with Crippen LogP contribution in [0.3, 0.4) is 0 Å². The van der Waals surface area contributed by atoms with Crippen molar-refractivity contribution < 1.29 is 23.8 Å². The zero-order valence-corrected chi connectivity index (χ0v) is 23.3. The number of esters is 1. The van der Waals surface area contributed by atoms with E-state index in [0.29, 0.717) is 27.7 Å². The zero-order valence-electron chi connectivity index (χ0n) is 21.7. The van der Waals surface area contributed by atoms with Gasteiger partial charge in [0.15, 0.2) is 17.2 Å². The summed E-state index contributed by atoms with van der Waals surface area (Å²) in [6.07, 6.45) is 1.50. The minimum absolute atomic E-state index is 0.103. The summed E-state index contributed by atoms with van der Waals surface area (Å²) in [7, 11) is 1.45. The van der Waals surface area contributed by atoms with Crippen molar-refractivity contribution in [1.82, 2.24) is 15.2 Å². The van der Waals surface area contributed by atoms with Gasteiger partial charge in [-0.2, -0.15) is 4.98 Å². The normalized spacial score (nSPS) is 14.1. The molecule has 0 spiro atoms. The predicted molar refractivity (Wildman–Crippen MR) is 146 cm³/mol. The van der Waals surface area contributed by atoms with Crippen molar-refractivity contribution >= 4 is 40.9 Å². The van der Waals surface area contributed by atoms with Gasteiger partial charge in [0.05, 0.1) is 17.8 Å². The van der Waals surface area contributed by atoms with Crippen LogP contribution in [0.25, 0.3) is 11.3 Å². The number of halogens is 1. The summed E-state index contributed by atoms with van der Waals surface area (Å²) >= 11 is 8.07. The number of methoxy groups -OCH3 is 1.